The van der Waals surface area contributed by atoms with Gasteiger partial charge in [0.05, 0.1) is 6.42 Å². The van der Waals surface area contributed by atoms with Crippen LogP contribution in [0.25, 0.3) is 0 Å². The van der Waals surface area contributed by atoms with Crippen molar-refractivity contribution < 1.29 is 24.2 Å². The summed E-state index contributed by atoms with van der Waals surface area (Å²) in [5.74, 6) is 0.705. The van der Waals surface area contributed by atoms with Crippen LogP contribution in [-0.4, -0.2) is 30.5 Å². The minimum atomic E-state index is -0.781. The summed E-state index contributed by atoms with van der Waals surface area (Å²) in [6, 6.07) is 25.1. The maximum absolute atomic E-state index is 11.0. The molecule has 0 saturated heterocycles. The number of ether oxygens (including phenoxy) is 2. The first-order valence-corrected chi connectivity index (χ1v) is 10.9. The average molecular weight is 448 g/mol. The Hall–Kier alpha value is -3.80. The Morgan fingerprint density at radius 1 is 0.909 bits per heavy atom. The van der Waals surface area contributed by atoms with Crippen molar-refractivity contribution in [3.63, 3.8) is 0 Å². The first-order chi connectivity index (χ1) is 16.1. The number of carboxylic acid groups (broad SMARTS) is 1. The van der Waals surface area contributed by atoms with Gasteiger partial charge in [0.25, 0.3) is 0 Å². The van der Waals surface area contributed by atoms with E-state index in [4.69, 9.17) is 19.4 Å². The minimum Gasteiger partial charge on any atom is -0.489 e. The highest BCUT2D eigenvalue weighted by Crippen LogP contribution is 2.25. The van der Waals surface area contributed by atoms with Gasteiger partial charge in [-0.15, -0.1) is 0 Å². The number of benzene rings is 3. The Balaban J connectivity index is 1.52. The number of nitrogens with zero attached hydrogens (tertiary/aromatic N) is 1. The van der Waals surface area contributed by atoms with Gasteiger partial charge in [0.1, 0.15) is 37.5 Å². The summed E-state index contributed by atoms with van der Waals surface area (Å²) in [5, 5.41) is 13.1. The quantitative estimate of drug-likeness (QED) is 0.286. The van der Waals surface area contributed by atoms with Crippen LogP contribution in [0.5, 0.6) is 11.5 Å². The predicted octanol–water partition coefficient (Wildman–Crippen LogP) is 5.66. The molecule has 0 radical (unpaired) electrons. The van der Waals surface area contributed by atoms with E-state index >= 15 is 0 Å². The SMILES string of the molecule is CCC(CC(=O)O)c1ccc(OCc2ccc(OC/C(=N\OC)c3ccccc3)cc2)cc1. The summed E-state index contributed by atoms with van der Waals surface area (Å²) >= 11 is 0. The lowest BCUT2D eigenvalue weighted by atomic mass is 9.93. The molecule has 1 atom stereocenters. The smallest absolute Gasteiger partial charge is 0.303 e. The van der Waals surface area contributed by atoms with Crippen molar-refractivity contribution >= 4 is 11.7 Å². The molecule has 0 amide bonds. The Bertz CT molecular complexity index is 1030. The average Bonchev–Trinajstić information content (AvgIpc) is 2.85. The van der Waals surface area contributed by atoms with Crippen LogP contribution in [-0.2, 0) is 16.2 Å². The maximum atomic E-state index is 11.0. The minimum absolute atomic E-state index is 0.0143. The van der Waals surface area contributed by atoms with Crippen LogP contribution < -0.4 is 9.47 Å². The molecule has 33 heavy (non-hydrogen) atoms. The Morgan fingerprint density at radius 2 is 1.55 bits per heavy atom. The van der Waals surface area contributed by atoms with Gasteiger partial charge >= 0.3 is 5.97 Å². The van der Waals surface area contributed by atoms with Gasteiger partial charge in [-0.25, -0.2) is 0 Å². The molecule has 3 rings (SSSR count). The van der Waals surface area contributed by atoms with Crippen LogP contribution >= 0.6 is 0 Å². The van der Waals surface area contributed by atoms with Crippen LogP contribution in [0.4, 0.5) is 0 Å². The number of rotatable bonds is 12. The molecular formula is C27H29NO5. The molecule has 3 aromatic rings. The van der Waals surface area contributed by atoms with Gasteiger partial charge in [0.15, 0.2) is 0 Å². The summed E-state index contributed by atoms with van der Waals surface area (Å²) < 4.78 is 11.7. The maximum Gasteiger partial charge on any atom is 0.303 e. The van der Waals surface area contributed by atoms with E-state index in [9.17, 15) is 4.79 Å². The lowest BCUT2D eigenvalue weighted by molar-refractivity contribution is -0.137. The molecule has 0 aliphatic carbocycles. The molecule has 0 aromatic heterocycles. The molecule has 1 unspecified atom stereocenters. The molecule has 0 fully saturated rings. The second-order valence-corrected chi connectivity index (χ2v) is 7.58. The van der Waals surface area contributed by atoms with E-state index in [1.165, 1.54) is 7.11 Å². The number of carboxylic acids is 1. The van der Waals surface area contributed by atoms with E-state index in [-0.39, 0.29) is 12.3 Å². The molecular weight excluding hydrogens is 418 g/mol. The summed E-state index contributed by atoms with van der Waals surface area (Å²) in [6.45, 7) is 2.71. The lowest BCUT2D eigenvalue weighted by Gasteiger charge is -2.14. The number of oxime groups is 1. The van der Waals surface area contributed by atoms with Crippen LogP contribution in [0.1, 0.15) is 42.4 Å². The van der Waals surface area contributed by atoms with Crippen LogP contribution in [0.3, 0.4) is 0 Å². The molecule has 0 spiro atoms. The van der Waals surface area contributed by atoms with Crippen molar-refractivity contribution in [3.8, 4) is 11.5 Å². The van der Waals surface area contributed by atoms with Crippen molar-refractivity contribution in [1.82, 2.24) is 0 Å². The summed E-state index contributed by atoms with van der Waals surface area (Å²) in [6.07, 6.45) is 0.917. The molecule has 0 saturated carbocycles. The van der Waals surface area contributed by atoms with Crippen molar-refractivity contribution in [2.24, 2.45) is 5.16 Å². The fraction of sp³-hybridized carbons (Fsp3) is 0.259. The molecule has 6 nitrogen and oxygen atoms in total. The molecule has 0 aliphatic heterocycles. The highest BCUT2D eigenvalue weighted by atomic mass is 16.6. The van der Waals surface area contributed by atoms with Crippen LogP contribution in [0.2, 0.25) is 0 Å². The van der Waals surface area contributed by atoms with Crippen molar-refractivity contribution in [2.45, 2.75) is 32.3 Å². The monoisotopic (exact) mass is 447 g/mol. The third-order valence-electron chi connectivity index (χ3n) is 5.28. The Morgan fingerprint density at radius 3 is 2.15 bits per heavy atom. The first-order valence-electron chi connectivity index (χ1n) is 10.9. The zero-order chi connectivity index (χ0) is 23.5. The van der Waals surface area contributed by atoms with E-state index in [1.54, 1.807) is 0 Å². The van der Waals surface area contributed by atoms with Gasteiger partial charge in [0, 0.05) is 5.56 Å². The van der Waals surface area contributed by atoms with Gasteiger partial charge in [-0.3, -0.25) is 4.79 Å². The van der Waals surface area contributed by atoms with Crippen molar-refractivity contribution in [3.05, 3.63) is 95.6 Å². The highest BCUT2D eigenvalue weighted by Gasteiger charge is 2.13. The third kappa shape index (κ3) is 7.38. The first kappa shape index (κ1) is 23.9. The Labute approximate surface area is 194 Å². The number of hydrogen-bond acceptors (Lipinski definition) is 5. The van der Waals surface area contributed by atoms with E-state index in [0.717, 1.165) is 34.6 Å². The standard InChI is InChI=1S/C27H29NO5/c1-3-21(17-27(29)30)22-11-15-25(16-12-22)32-18-20-9-13-24(14-10-20)33-19-26(28-31-2)23-7-5-4-6-8-23/h4-16,21H,3,17-19H2,1-2H3,(H,29,30)/b28-26+. The highest BCUT2D eigenvalue weighted by molar-refractivity contribution is 6.01. The molecule has 6 heteroatoms. The number of hydrogen-bond donors (Lipinski definition) is 1. The van der Waals surface area contributed by atoms with Gasteiger partial charge in [-0.2, -0.15) is 0 Å². The molecule has 0 heterocycles. The zero-order valence-electron chi connectivity index (χ0n) is 18.9. The Kier molecular flexibility index (Phi) is 8.88. The van der Waals surface area contributed by atoms with E-state index < -0.39 is 5.97 Å². The van der Waals surface area contributed by atoms with Gasteiger partial charge in [0.2, 0.25) is 0 Å². The second-order valence-electron chi connectivity index (χ2n) is 7.58. The van der Waals surface area contributed by atoms with Gasteiger partial charge in [-0.1, -0.05) is 66.7 Å². The molecule has 1 N–H and O–H groups in total. The summed E-state index contributed by atoms with van der Waals surface area (Å²) in [4.78, 5) is 16.0. The van der Waals surface area contributed by atoms with Crippen LogP contribution in [0.15, 0.2) is 84.0 Å². The normalized spacial score (nSPS) is 12.1. The summed E-state index contributed by atoms with van der Waals surface area (Å²) in [5.41, 5.74) is 3.68. The van der Waals surface area contributed by atoms with E-state index in [1.807, 2.05) is 85.8 Å². The topological polar surface area (TPSA) is 77.4 Å². The molecule has 0 aliphatic rings. The fourth-order valence-electron chi connectivity index (χ4n) is 3.45. The predicted molar refractivity (Wildman–Crippen MR) is 128 cm³/mol. The molecule has 0 bridgehead atoms. The summed E-state index contributed by atoms with van der Waals surface area (Å²) in [7, 11) is 1.52. The molecule has 172 valence electrons. The van der Waals surface area contributed by atoms with Crippen molar-refractivity contribution in [1.29, 1.82) is 0 Å². The largest absolute Gasteiger partial charge is 0.489 e. The number of carbonyl (C=O) groups is 1. The third-order valence-corrected chi connectivity index (χ3v) is 5.28. The van der Waals surface area contributed by atoms with Gasteiger partial charge < -0.3 is 19.4 Å². The number of aliphatic carboxylic acids is 1. The van der Waals surface area contributed by atoms with Crippen LogP contribution in [0, 0.1) is 0 Å². The second kappa shape index (κ2) is 12.3. The lowest BCUT2D eigenvalue weighted by Crippen LogP contribution is -2.13. The molecule has 3 aromatic carbocycles. The van der Waals surface area contributed by atoms with Gasteiger partial charge in [-0.05, 0) is 47.7 Å². The zero-order valence-corrected chi connectivity index (χ0v) is 18.9. The fourth-order valence-corrected chi connectivity index (χ4v) is 3.45. The van der Waals surface area contributed by atoms with E-state index in [0.29, 0.717) is 18.9 Å². The van der Waals surface area contributed by atoms with Crippen molar-refractivity contribution in [2.75, 3.05) is 13.7 Å². The van der Waals surface area contributed by atoms with E-state index in [2.05, 4.69) is 5.16 Å².